The predicted octanol–water partition coefficient (Wildman–Crippen LogP) is 1.93. The quantitative estimate of drug-likeness (QED) is 0.566. The summed E-state index contributed by atoms with van der Waals surface area (Å²) in [4.78, 5) is 34.4. The SMILES string of the molecule is CN(c1cnn(C)c1)c1nc(Nc2ccc3c(c2)NC(=O)C(C)(C)O3)ncc1C(N)=O. The lowest BCUT2D eigenvalue weighted by Gasteiger charge is -2.31. The van der Waals surface area contributed by atoms with Crippen LogP contribution in [0.15, 0.2) is 36.8 Å². The average molecular weight is 422 g/mol. The Bertz CT molecular complexity index is 1190. The van der Waals surface area contributed by atoms with Crippen LogP contribution >= 0.6 is 0 Å². The molecule has 0 saturated heterocycles. The molecule has 0 unspecified atom stereocenters. The van der Waals surface area contributed by atoms with Crippen molar-refractivity contribution >= 4 is 40.6 Å². The van der Waals surface area contributed by atoms with Crippen LogP contribution in [0.1, 0.15) is 24.2 Å². The molecule has 4 N–H and O–H groups in total. The van der Waals surface area contributed by atoms with E-state index < -0.39 is 11.5 Å². The number of primary amides is 1. The van der Waals surface area contributed by atoms with E-state index >= 15 is 0 Å². The summed E-state index contributed by atoms with van der Waals surface area (Å²) in [6.45, 7) is 3.40. The molecule has 11 heteroatoms. The number of hydrogen-bond acceptors (Lipinski definition) is 8. The molecule has 1 aliphatic rings. The molecule has 2 amide bonds. The van der Waals surface area contributed by atoms with Crippen molar-refractivity contribution in [2.75, 3.05) is 22.6 Å². The summed E-state index contributed by atoms with van der Waals surface area (Å²) in [5.41, 5.74) is 6.63. The predicted molar refractivity (Wildman–Crippen MR) is 115 cm³/mol. The number of rotatable bonds is 5. The van der Waals surface area contributed by atoms with E-state index in [-0.39, 0.29) is 17.4 Å². The van der Waals surface area contributed by atoms with Gasteiger partial charge in [0, 0.05) is 32.2 Å². The lowest BCUT2D eigenvalue weighted by atomic mass is 10.1. The minimum Gasteiger partial charge on any atom is -0.476 e. The number of carbonyl (C=O) groups excluding carboxylic acids is 2. The van der Waals surface area contributed by atoms with E-state index in [0.29, 0.717) is 22.9 Å². The maximum absolute atomic E-state index is 12.2. The molecular formula is C20H22N8O3. The molecule has 0 spiro atoms. The summed E-state index contributed by atoms with van der Waals surface area (Å²) in [5.74, 6) is 0.263. The number of hydrogen-bond donors (Lipinski definition) is 3. The van der Waals surface area contributed by atoms with Crippen molar-refractivity contribution < 1.29 is 14.3 Å². The van der Waals surface area contributed by atoms with Gasteiger partial charge in [-0.05, 0) is 32.0 Å². The maximum atomic E-state index is 12.2. The van der Waals surface area contributed by atoms with E-state index in [1.54, 1.807) is 68.1 Å². The fraction of sp³-hybridized carbons (Fsp3) is 0.250. The van der Waals surface area contributed by atoms with Crippen molar-refractivity contribution in [2.24, 2.45) is 12.8 Å². The number of carbonyl (C=O) groups is 2. The molecule has 0 aliphatic carbocycles. The first-order valence-corrected chi connectivity index (χ1v) is 9.45. The van der Waals surface area contributed by atoms with Gasteiger partial charge in [-0.2, -0.15) is 10.1 Å². The van der Waals surface area contributed by atoms with E-state index in [2.05, 4.69) is 25.7 Å². The number of nitrogens with zero attached hydrogens (tertiary/aromatic N) is 5. The average Bonchev–Trinajstić information content (AvgIpc) is 3.14. The van der Waals surface area contributed by atoms with Crippen LogP contribution < -0.4 is 26.0 Å². The van der Waals surface area contributed by atoms with Gasteiger partial charge in [0.15, 0.2) is 11.4 Å². The van der Waals surface area contributed by atoms with Gasteiger partial charge < -0.3 is 26.0 Å². The number of ether oxygens (including phenoxy) is 1. The third kappa shape index (κ3) is 3.84. The normalized spacial score (nSPS) is 14.3. The Balaban J connectivity index is 1.65. The van der Waals surface area contributed by atoms with Crippen LogP contribution in [0.2, 0.25) is 0 Å². The number of aromatic nitrogens is 4. The van der Waals surface area contributed by atoms with Gasteiger partial charge in [-0.3, -0.25) is 14.3 Å². The van der Waals surface area contributed by atoms with Crippen molar-refractivity contribution in [1.82, 2.24) is 19.7 Å². The first-order valence-electron chi connectivity index (χ1n) is 9.45. The standard InChI is InChI=1S/C20H22N8O3/c1-20(2)18(30)25-14-7-11(5-6-15(14)31-20)24-19-22-9-13(16(21)29)17(26-19)28(4)12-8-23-27(3)10-12/h5-10H,1-4H3,(H2,21,29)(H,25,30)(H,22,24,26). The smallest absolute Gasteiger partial charge is 0.268 e. The summed E-state index contributed by atoms with van der Waals surface area (Å²) >= 11 is 0. The van der Waals surface area contributed by atoms with Crippen LogP contribution in [0, 0.1) is 0 Å². The molecule has 2 aromatic heterocycles. The molecule has 0 bridgehead atoms. The Morgan fingerprint density at radius 2 is 2.10 bits per heavy atom. The van der Waals surface area contributed by atoms with Crippen molar-refractivity contribution in [1.29, 1.82) is 0 Å². The number of nitrogens with one attached hydrogen (secondary N) is 2. The minimum absolute atomic E-state index is 0.172. The highest BCUT2D eigenvalue weighted by Gasteiger charge is 2.35. The van der Waals surface area contributed by atoms with Gasteiger partial charge in [-0.1, -0.05) is 0 Å². The molecule has 3 aromatic rings. The molecule has 0 radical (unpaired) electrons. The summed E-state index contributed by atoms with van der Waals surface area (Å²) in [5, 5.41) is 10.0. The molecule has 0 fully saturated rings. The Morgan fingerprint density at radius 1 is 1.32 bits per heavy atom. The van der Waals surface area contributed by atoms with Crippen LogP contribution in [-0.2, 0) is 11.8 Å². The molecule has 31 heavy (non-hydrogen) atoms. The first-order chi connectivity index (χ1) is 14.6. The van der Waals surface area contributed by atoms with Gasteiger partial charge in [-0.15, -0.1) is 0 Å². The lowest BCUT2D eigenvalue weighted by Crippen LogP contribution is -2.45. The number of fused-ring (bicyclic) bond motifs is 1. The highest BCUT2D eigenvalue weighted by molar-refractivity contribution is 6.01. The second-order valence-corrected chi connectivity index (χ2v) is 7.63. The van der Waals surface area contributed by atoms with Crippen molar-refractivity contribution in [3.8, 4) is 5.75 Å². The monoisotopic (exact) mass is 422 g/mol. The summed E-state index contributed by atoms with van der Waals surface area (Å²) in [6, 6.07) is 5.25. The second kappa shape index (κ2) is 7.27. The molecule has 1 aromatic carbocycles. The molecule has 0 saturated carbocycles. The second-order valence-electron chi connectivity index (χ2n) is 7.63. The van der Waals surface area contributed by atoms with E-state index in [1.807, 2.05) is 0 Å². The maximum Gasteiger partial charge on any atom is 0.268 e. The Labute approximate surface area is 178 Å². The zero-order valence-corrected chi connectivity index (χ0v) is 17.5. The zero-order valence-electron chi connectivity index (χ0n) is 17.5. The fourth-order valence-electron chi connectivity index (χ4n) is 3.08. The highest BCUT2D eigenvalue weighted by Crippen LogP contribution is 2.36. The van der Waals surface area contributed by atoms with Gasteiger partial charge in [0.25, 0.3) is 11.8 Å². The third-order valence-electron chi connectivity index (χ3n) is 4.83. The fourth-order valence-corrected chi connectivity index (χ4v) is 3.08. The van der Waals surface area contributed by atoms with Gasteiger partial charge in [0.05, 0.1) is 17.6 Å². The van der Waals surface area contributed by atoms with E-state index in [0.717, 1.165) is 5.69 Å². The summed E-state index contributed by atoms with van der Waals surface area (Å²) in [7, 11) is 3.54. The lowest BCUT2D eigenvalue weighted by molar-refractivity contribution is -0.129. The van der Waals surface area contributed by atoms with Crippen molar-refractivity contribution in [3.05, 3.63) is 42.4 Å². The molecular weight excluding hydrogens is 400 g/mol. The van der Waals surface area contributed by atoms with E-state index in [1.165, 1.54) is 6.20 Å². The molecule has 160 valence electrons. The molecule has 0 atom stereocenters. The molecule has 1 aliphatic heterocycles. The number of aryl methyl sites for hydroxylation is 1. The van der Waals surface area contributed by atoms with E-state index in [4.69, 9.17) is 10.5 Å². The van der Waals surface area contributed by atoms with Crippen LogP contribution in [0.4, 0.5) is 28.8 Å². The number of amides is 2. The Hall–Kier alpha value is -4.15. The zero-order chi connectivity index (χ0) is 22.3. The largest absolute Gasteiger partial charge is 0.476 e. The van der Waals surface area contributed by atoms with Crippen molar-refractivity contribution in [2.45, 2.75) is 19.4 Å². The van der Waals surface area contributed by atoms with Gasteiger partial charge >= 0.3 is 0 Å². The minimum atomic E-state index is -0.943. The number of nitrogens with two attached hydrogens (primary N) is 1. The van der Waals surface area contributed by atoms with E-state index in [9.17, 15) is 9.59 Å². The van der Waals surface area contributed by atoms with Gasteiger partial charge in [-0.25, -0.2) is 4.98 Å². The number of anilines is 5. The first kappa shape index (κ1) is 20.1. The summed E-state index contributed by atoms with van der Waals surface area (Å²) in [6.07, 6.45) is 4.80. The van der Waals surface area contributed by atoms with Gasteiger partial charge in [0.2, 0.25) is 5.95 Å². The summed E-state index contributed by atoms with van der Waals surface area (Å²) < 4.78 is 7.38. The van der Waals surface area contributed by atoms with Crippen molar-refractivity contribution in [3.63, 3.8) is 0 Å². The highest BCUT2D eigenvalue weighted by atomic mass is 16.5. The molecule has 4 rings (SSSR count). The Morgan fingerprint density at radius 3 is 2.77 bits per heavy atom. The Kier molecular flexibility index (Phi) is 4.72. The molecule has 11 nitrogen and oxygen atoms in total. The topological polar surface area (TPSA) is 140 Å². The number of benzene rings is 1. The molecule has 3 heterocycles. The van der Waals surface area contributed by atoms with Crippen LogP contribution in [0.5, 0.6) is 5.75 Å². The van der Waals surface area contributed by atoms with Crippen LogP contribution in [0.25, 0.3) is 0 Å². The van der Waals surface area contributed by atoms with Crippen LogP contribution in [0.3, 0.4) is 0 Å². The van der Waals surface area contributed by atoms with Gasteiger partial charge in [0.1, 0.15) is 11.3 Å². The van der Waals surface area contributed by atoms with Crippen LogP contribution in [-0.4, -0.2) is 44.2 Å². The third-order valence-corrected chi connectivity index (χ3v) is 4.83.